The molecule has 0 saturated heterocycles. The van der Waals surface area contributed by atoms with Gasteiger partial charge in [0, 0.05) is 23.3 Å². The van der Waals surface area contributed by atoms with E-state index in [0.29, 0.717) is 16.9 Å². The smallest absolute Gasteiger partial charge is 0.329 e. The second-order valence-corrected chi connectivity index (χ2v) is 7.78. The van der Waals surface area contributed by atoms with Crippen LogP contribution >= 0.6 is 0 Å². The van der Waals surface area contributed by atoms with Gasteiger partial charge in [-0.25, -0.2) is 4.79 Å². The molecule has 0 aromatic heterocycles. The van der Waals surface area contributed by atoms with E-state index in [1.54, 1.807) is 26.0 Å². The summed E-state index contributed by atoms with van der Waals surface area (Å²) < 4.78 is 16.1. The fourth-order valence-electron chi connectivity index (χ4n) is 3.86. The van der Waals surface area contributed by atoms with Crippen LogP contribution < -0.4 is 4.74 Å². The Labute approximate surface area is 182 Å². The zero-order valence-electron chi connectivity index (χ0n) is 17.4. The lowest BCUT2D eigenvalue weighted by Gasteiger charge is -2.28. The van der Waals surface area contributed by atoms with E-state index in [1.807, 2.05) is 0 Å². The molecule has 0 radical (unpaired) electrons. The highest BCUT2D eigenvalue weighted by Gasteiger charge is 2.44. The number of esters is 1. The lowest BCUT2D eigenvalue weighted by molar-refractivity contribution is -0.385. The van der Waals surface area contributed by atoms with Crippen molar-refractivity contribution in [2.45, 2.75) is 33.1 Å². The largest absolute Gasteiger partial charge is 0.467 e. The molecule has 4 rings (SSSR count). The molecule has 166 valence electrons. The van der Waals surface area contributed by atoms with Crippen molar-refractivity contribution >= 4 is 23.5 Å². The lowest BCUT2D eigenvalue weighted by Crippen LogP contribution is -2.48. The normalized spacial score (nSPS) is 15.8. The monoisotopic (exact) mass is 440 g/mol. The van der Waals surface area contributed by atoms with E-state index in [4.69, 9.17) is 14.2 Å². The van der Waals surface area contributed by atoms with Crippen LogP contribution in [0, 0.1) is 16.0 Å². The van der Waals surface area contributed by atoms with Crippen molar-refractivity contribution in [2.24, 2.45) is 5.92 Å². The van der Waals surface area contributed by atoms with E-state index in [2.05, 4.69) is 0 Å². The summed E-state index contributed by atoms with van der Waals surface area (Å²) in [7, 11) is 0. The maximum Gasteiger partial charge on any atom is 0.329 e. The Kier molecular flexibility index (Phi) is 5.62. The summed E-state index contributed by atoms with van der Waals surface area (Å²) in [6.07, 6.45) is 0. The molecule has 0 N–H and O–H groups in total. The standard InChI is InChI=1S/C22H20N2O8/c1-12(2)18(23-20(25)16-5-3-4-6-17(16)21(23)26)22(27)31-10-14-8-15(24(28)29)7-13-9-30-11-32-19(13)14/h3-8,12,18H,9-11H2,1-2H3/t18-/m0/s1. The second kappa shape index (κ2) is 8.39. The predicted molar refractivity (Wildman–Crippen MR) is 109 cm³/mol. The SMILES string of the molecule is CC(C)[C@@H](C(=O)OCc1cc([N+](=O)[O-])cc2c1OCOC2)N1C(=O)c2ccccc2C1=O. The first-order valence-corrected chi connectivity index (χ1v) is 9.94. The van der Waals surface area contributed by atoms with Gasteiger partial charge in [0.15, 0.2) is 6.79 Å². The molecule has 0 bridgehead atoms. The highest BCUT2D eigenvalue weighted by molar-refractivity contribution is 6.22. The van der Waals surface area contributed by atoms with Gasteiger partial charge in [-0.3, -0.25) is 24.6 Å². The summed E-state index contributed by atoms with van der Waals surface area (Å²) in [6, 6.07) is 7.82. The number of nitrogens with zero attached hydrogens (tertiary/aromatic N) is 2. The molecule has 0 unspecified atom stereocenters. The third-order valence-electron chi connectivity index (χ3n) is 5.33. The Morgan fingerprint density at radius 1 is 1.19 bits per heavy atom. The minimum atomic E-state index is -1.15. The molecule has 2 heterocycles. The number of carbonyl (C=O) groups excluding carboxylic acids is 3. The van der Waals surface area contributed by atoms with Crippen LogP contribution in [0.5, 0.6) is 5.75 Å². The average molecular weight is 440 g/mol. The van der Waals surface area contributed by atoms with E-state index in [1.165, 1.54) is 24.3 Å². The van der Waals surface area contributed by atoms with E-state index >= 15 is 0 Å². The first-order valence-electron chi connectivity index (χ1n) is 9.94. The van der Waals surface area contributed by atoms with Gasteiger partial charge in [-0.1, -0.05) is 26.0 Å². The number of carbonyl (C=O) groups is 3. The fraction of sp³-hybridized carbons (Fsp3) is 0.318. The molecule has 1 atom stereocenters. The summed E-state index contributed by atoms with van der Waals surface area (Å²) in [5, 5.41) is 11.3. The Hall–Kier alpha value is -3.79. The molecular formula is C22H20N2O8. The zero-order chi connectivity index (χ0) is 23.0. The van der Waals surface area contributed by atoms with Crippen molar-refractivity contribution in [2.75, 3.05) is 6.79 Å². The number of amides is 2. The molecule has 0 aliphatic carbocycles. The van der Waals surface area contributed by atoms with Gasteiger partial charge in [0.2, 0.25) is 0 Å². The molecule has 2 aromatic carbocycles. The Bertz CT molecular complexity index is 1090. The van der Waals surface area contributed by atoms with Gasteiger partial charge < -0.3 is 14.2 Å². The number of ether oxygens (including phenoxy) is 3. The lowest BCUT2D eigenvalue weighted by atomic mass is 10.0. The van der Waals surface area contributed by atoms with Crippen molar-refractivity contribution in [1.82, 2.24) is 4.90 Å². The highest BCUT2D eigenvalue weighted by atomic mass is 16.7. The van der Waals surface area contributed by atoms with Gasteiger partial charge >= 0.3 is 5.97 Å². The summed E-state index contributed by atoms with van der Waals surface area (Å²) in [5.74, 6) is -1.98. The summed E-state index contributed by atoms with van der Waals surface area (Å²) in [5.41, 5.74) is 1.05. The molecule has 32 heavy (non-hydrogen) atoms. The number of nitro groups is 1. The maximum atomic E-state index is 13.0. The van der Waals surface area contributed by atoms with Gasteiger partial charge in [0.1, 0.15) is 18.4 Å². The van der Waals surface area contributed by atoms with Crippen molar-refractivity contribution in [3.8, 4) is 5.75 Å². The number of fused-ring (bicyclic) bond motifs is 2. The van der Waals surface area contributed by atoms with Crippen molar-refractivity contribution in [3.63, 3.8) is 0 Å². The van der Waals surface area contributed by atoms with Crippen LogP contribution in [0.25, 0.3) is 0 Å². The molecular weight excluding hydrogens is 420 g/mol. The Balaban J connectivity index is 1.58. The quantitative estimate of drug-likeness (QED) is 0.291. The molecule has 2 aromatic rings. The number of benzene rings is 2. The molecule has 2 amide bonds. The van der Waals surface area contributed by atoms with Crippen molar-refractivity contribution < 1.29 is 33.5 Å². The number of non-ortho nitro benzene ring substituents is 1. The number of nitro benzene ring substituents is 1. The van der Waals surface area contributed by atoms with Crippen LogP contribution in [0.3, 0.4) is 0 Å². The highest BCUT2D eigenvalue weighted by Crippen LogP contribution is 2.34. The van der Waals surface area contributed by atoms with E-state index in [9.17, 15) is 24.5 Å². The molecule has 0 spiro atoms. The number of rotatable bonds is 6. The van der Waals surface area contributed by atoms with E-state index < -0.39 is 34.7 Å². The number of imide groups is 1. The van der Waals surface area contributed by atoms with Crippen LogP contribution in [-0.4, -0.2) is 40.4 Å². The molecule has 2 aliphatic heterocycles. The van der Waals surface area contributed by atoms with Gasteiger partial charge in [-0.05, 0) is 18.1 Å². The molecule has 10 nitrogen and oxygen atoms in total. The number of hydrogen-bond donors (Lipinski definition) is 0. The third-order valence-corrected chi connectivity index (χ3v) is 5.33. The van der Waals surface area contributed by atoms with Crippen molar-refractivity contribution in [3.05, 3.63) is 68.8 Å². The van der Waals surface area contributed by atoms with Crippen LogP contribution in [0.2, 0.25) is 0 Å². The first-order chi connectivity index (χ1) is 15.3. The first kappa shape index (κ1) is 21.4. The minimum Gasteiger partial charge on any atom is -0.467 e. The maximum absolute atomic E-state index is 13.0. The summed E-state index contributed by atoms with van der Waals surface area (Å²) in [4.78, 5) is 50.3. The predicted octanol–water partition coefficient (Wildman–Crippen LogP) is 2.83. The van der Waals surface area contributed by atoms with E-state index in [0.717, 1.165) is 4.90 Å². The zero-order valence-corrected chi connectivity index (χ0v) is 17.4. The Morgan fingerprint density at radius 3 is 2.44 bits per heavy atom. The molecule has 2 aliphatic rings. The van der Waals surface area contributed by atoms with Crippen LogP contribution in [0.15, 0.2) is 36.4 Å². The second-order valence-electron chi connectivity index (χ2n) is 7.78. The summed E-state index contributed by atoms with van der Waals surface area (Å²) >= 11 is 0. The van der Waals surface area contributed by atoms with Crippen LogP contribution in [0.1, 0.15) is 45.7 Å². The third kappa shape index (κ3) is 3.69. The van der Waals surface area contributed by atoms with Gasteiger partial charge in [0.05, 0.1) is 22.7 Å². The minimum absolute atomic E-state index is 0.0323. The molecule has 0 fully saturated rings. The summed E-state index contributed by atoms with van der Waals surface area (Å²) in [6.45, 7) is 3.17. The average Bonchev–Trinajstić information content (AvgIpc) is 3.02. The van der Waals surface area contributed by atoms with Crippen LogP contribution in [0.4, 0.5) is 5.69 Å². The van der Waals surface area contributed by atoms with E-state index in [-0.39, 0.29) is 36.8 Å². The number of hydrogen-bond acceptors (Lipinski definition) is 8. The Morgan fingerprint density at radius 2 is 1.84 bits per heavy atom. The van der Waals surface area contributed by atoms with Gasteiger partial charge in [-0.2, -0.15) is 0 Å². The van der Waals surface area contributed by atoms with Crippen molar-refractivity contribution in [1.29, 1.82) is 0 Å². The van der Waals surface area contributed by atoms with Crippen LogP contribution in [-0.2, 0) is 27.5 Å². The van der Waals surface area contributed by atoms with Gasteiger partial charge in [-0.15, -0.1) is 0 Å². The molecule has 10 heteroatoms. The fourth-order valence-corrected chi connectivity index (χ4v) is 3.86. The topological polar surface area (TPSA) is 125 Å². The van der Waals surface area contributed by atoms with Gasteiger partial charge in [0.25, 0.3) is 17.5 Å². The molecule has 0 saturated carbocycles.